The van der Waals surface area contributed by atoms with Crippen molar-refractivity contribution >= 4 is 11.6 Å². The van der Waals surface area contributed by atoms with Crippen molar-refractivity contribution in [3.05, 3.63) is 59.7 Å². The molecule has 3 atom stereocenters. The van der Waals surface area contributed by atoms with Crippen LogP contribution in [0.4, 0.5) is 5.69 Å². The number of phenolic OH excluding ortho intramolecular Hbond substituents is 1. The van der Waals surface area contributed by atoms with E-state index in [4.69, 9.17) is 0 Å². The molecule has 0 radical (unpaired) electrons. The van der Waals surface area contributed by atoms with Crippen molar-refractivity contribution in [1.82, 2.24) is 4.90 Å². The quantitative estimate of drug-likeness (QED) is 0.890. The lowest BCUT2D eigenvalue weighted by molar-refractivity contribution is -0.119. The van der Waals surface area contributed by atoms with Gasteiger partial charge in [-0.25, -0.2) is 0 Å². The molecule has 2 aromatic rings. The molecule has 2 N–H and O–H groups in total. The van der Waals surface area contributed by atoms with Gasteiger partial charge in [0, 0.05) is 18.3 Å². The Morgan fingerprint density at radius 3 is 2.81 bits per heavy atom. The van der Waals surface area contributed by atoms with E-state index in [1.807, 2.05) is 36.4 Å². The van der Waals surface area contributed by atoms with Crippen molar-refractivity contribution < 1.29 is 9.90 Å². The first kappa shape index (κ1) is 17.1. The fourth-order valence-electron chi connectivity index (χ4n) is 4.73. The zero-order chi connectivity index (χ0) is 18.3. The van der Waals surface area contributed by atoms with Crippen molar-refractivity contribution in [2.45, 2.75) is 38.1 Å². The van der Waals surface area contributed by atoms with Gasteiger partial charge in [0.15, 0.2) is 0 Å². The van der Waals surface area contributed by atoms with Crippen LogP contribution < -0.4 is 5.32 Å². The fraction of sp³-hybridized carbons (Fsp3) is 0.409. The summed E-state index contributed by atoms with van der Waals surface area (Å²) in [6.07, 6.45) is 1.97. The fourth-order valence-corrected chi connectivity index (χ4v) is 4.73. The van der Waals surface area contributed by atoms with Crippen LogP contribution in [0.3, 0.4) is 0 Å². The molecule has 1 aliphatic heterocycles. The summed E-state index contributed by atoms with van der Waals surface area (Å²) in [5.41, 5.74) is 3.50. The Balaban J connectivity index is 1.53. The van der Waals surface area contributed by atoms with Crippen molar-refractivity contribution in [1.29, 1.82) is 0 Å². The highest BCUT2D eigenvalue weighted by Crippen LogP contribution is 2.48. The summed E-state index contributed by atoms with van der Waals surface area (Å²) in [7, 11) is 0. The Morgan fingerprint density at radius 2 is 2.04 bits per heavy atom. The number of likely N-dealkylation sites (tertiary alicyclic amines) is 1. The zero-order valence-electron chi connectivity index (χ0n) is 15.4. The lowest BCUT2D eigenvalue weighted by atomic mass is 9.60. The number of piperidine rings is 1. The van der Waals surface area contributed by atoms with Gasteiger partial charge in [-0.3, -0.25) is 9.69 Å². The average molecular weight is 350 g/mol. The Kier molecular flexibility index (Phi) is 4.23. The van der Waals surface area contributed by atoms with Crippen LogP contribution in [-0.2, 0) is 16.6 Å². The molecule has 136 valence electrons. The Labute approximate surface area is 154 Å². The van der Waals surface area contributed by atoms with Crippen LogP contribution in [0, 0.1) is 5.92 Å². The largest absolute Gasteiger partial charge is 0.508 e. The van der Waals surface area contributed by atoms with E-state index in [0.717, 1.165) is 25.1 Å². The van der Waals surface area contributed by atoms with Gasteiger partial charge in [-0.1, -0.05) is 38.1 Å². The molecule has 1 amide bonds. The highest BCUT2D eigenvalue weighted by molar-refractivity contribution is 5.92. The third kappa shape index (κ3) is 2.99. The van der Waals surface area contributed by atoms with Crippen LogP contribution in [0.5, 0.6) is 5.75 Å². The Morgan fingerprint density at radius 1 is 1.27 bits per heavy atom. The molecule has 4 nitrogen and oxygen atoms in total. The highest BCUT2D eigenvalue weighted by atomic mass is 16.3. The summed E-state index contributed by atoms with van der Waals surface area (Å²) in [5, 5.41) is 12.9. The van der Waals surface area contributed by atoms with E-state index in [1.165, 1.54) is 11.1 Å². The van der Waals surface area contributed by atoms with Crippen LogP contribution in [0.15, 0.2) is 48.5 Å². The second kappa shape index (κ2) is 6.44. The maximum absolute atomic E-state index is 12.5. The van der Waals surface area contributed by atoms with Gasteiger partial charge in [0.05, 0.1) is 6.54 Å². The normalized spacial score (nSPS) is 27.6. The smallest absolute Gasteiger partial charge is 0.238 e. The Bertz CT molecular complexity index is 820. The molecule has 3 unspecified atom stereocenters. The minimum atomic E-state index is 0.0449. The molecule has 1 heterocycles. The van der Waals surface area contributed by atoms with Crippen molar-refractivity contribution in [3.8, 4) is 5.75 Å². The predicted molar refractivity (Wildman–Crippen MR) is 103 cm³/mol. The van der Waals surface area contributed by atoms with Gasteiger partial charge in [-0.05, 0) is 59.6 Å². The molecule has 1 saturated heterocycles. The molecular weight excluding hydrogens is 324 g/mol. The number of amides is 1. The summed E-state index contributed by atoms with van der Waals surface area (Å²) in [6, 6.07) is 15.8. The van der Waals surface area contributed by atoms with Crippen LogP contribution in [0.1, 0.15) is 31.4 Å². The molecule has 0 spiro atoms. The average Bonchev–Trinajstić information content (AvgIpc) is 2.61. The lowest BCUT2D eigenvalue weighted by Gasteiger charge is -2.53. The maximum atomic E-state index is 12.5. The summed E-state index contributed by atoms with van der Waals surface area (Å²) >= 11 is 0. The molecular formula is C22H26N2O2. The molecule has 1 fully saturated rings. The van der Waals surface area contributed by atoms with E-state index in [0.29, 0.717) is 24.3 Å². The highest BCUT2D eigenvalue weighted by Gasteiger charge is 2.47. The summed E-state index contributed by atoms with van der Waals surface area (Å²) in [4.78, 5) is 14.9. The summed E-state index contributed by atoms with van der Waals surface area (Å²) in [6.45, 7) is 5.90. The molecule has 4 rings (SSSR count). The van der Waals surface area contributed by atoms with Gasteiger partial charge in [-0.2, -0.15) is 0 Å². The molecule has 26 heavy (non-hydrogen) atoms. The first-order chi connectivity index (χ1) is 12.5. The van der Waals surface area contributed by atoms with Gasteiger partial charge in [-0.15, -0.1) is 0 Å². The lowest BCUT2D eigenvalue weighted by Crippen LogP contribution is -2.57. The van der Waals surface area contributed by atoms with Crippen molar-refractivity contribution in [2.75, 3.05) is 18.4 Å². The number of hydrogen-bond acceptors (Lipinski definition) is 3. The SMILES string of the molecule is CC1CN(CC(=O)Nc2ccccc2)C2Cc3ccc(O)cc3C1(C)C2. The van der Waals surface area contributed by atoms with E-state index in [9.17, 15) is 9.90 Å². The minimum absolute atomic E-state index is 0.0449. The third-order valence-electron chi connectivity index (χ3n) is 6.34. The van der Waals surface area contributed by atoms with Gasteiger partial charge in [0.2, 0.25) is 5.91 Å². The molecule has 2 aromatic carbocycles. The first-order valence-electron chi connectivity index (χ1n) is 9.37. The molecule has 2 bridgehead atoms. The van der Waals surface area contributed by atoms with Crippen LogP contribution >= 0.6 is 0 Å². The van der Waals surface area contributed by atoms with E-state index in [1.54, 1.807) is 6.07 Å². The minimum Gasteiger partial charge on any atom is -0.508 e. The molecule has 1 aliphatic carbocycles. The zero-order valence-corrected chi connectivity index (χ0v) is 15.4. The number of carbonyl (C=O) groups is 1. The van der Waals surface area contributed by atoms with E-state index in [2.05, 4.69) is 30.1 Å². The standard InChI is InChI=1S/C22H26N2O2/c1-15-13-24(14-21(26)23-17-6-4-3-5-7-17)18-10-16-8-9-19(25)11-20(16)22(15,2)12-18/h3-9,11,15,18,25H,10,12-14H2,1-2H3,(H,23,26). The van der Waals surface area contributed by atoms with Gasteiger partial charge in [0.25, 0.3) is 0 Å². The number of anilines is 1. The van der Waals surface area contributed by atoms with Gasteiger partial charge < -0.3 is 10.4 Å². The van der Waals surface area contributed by atoms with Crippen LogP contribution in [0.25, 0.3) is 0 Å². The molecule has 0 saturated carbocycles. The van der Waals surface area contributed by atoms with E-state index < -0.39 is 0 Å². The Hall–Kier alpha value is -2.33. The summed E-state index contributed by atoms with van der Waals surface area (Å²) in [5.74, 6) is 0.813. The monoisotopic (exact) mass is 350 g/mol. The second-order valence-corrected chi connectivity index (χ2v) is 8.07. The third-order valence-corrected chi connectivity index (χ3v) is 6.34. The van der Waals surface area contributed by atoms with Crippen LogP contribution in [-0.4, -0.2) is 35.0 Å². The number of rotatable bonds is 3. The van der Waals surface area contributed by atoms with Gasteiger partial charge in [0.1, 0.15) is 5.75 Å². The molecule has 0 aromatic heterocycles. The maximum Gasteiger partial charge on any atom is 0.238 e. The number of nitrogens with one attached hydrogen (secondary N) is 1. The number of aromatic hydroxyl groups is 1. The number of hydrogen-bond donors (Lipinski definition) is 2. The number of nitrogens with zero attached hydrogens (tertiary/aromatic N) is 1. The van der Waals surface area contributed by atoms with E-state index in [-0.39, 0.29) is 11.3 Å². The van der Waals surface area contributed by atoms with E-state index >= 15 is 0 Å². The molecule has 2 aliphatic rings. The number of benzene rings is 2. The predicted octanol–water partition coefficient (Wildman–Crippen LogP) is 3.56. The molecule has 4 heteroatoms. The number of phenols is 1. The van der Waals surface area contributed by atoms with Crippen LogP contribution in [0.2, 0.25) is 0 Å². The number of fused-ring (bicyclic) bond motifs is 4. The van der Waals surface area contributed by atoms with Crippen molar-refractivity contribution in [3.63, 3.8) is 0 Å². The second-order valence-electron chi connectivity index (χ2n) is 8.07. The summed E-state index contributed by atoms with van der Waals surface area (Å²) < 4.78 is 0. The van der Waals surface area contributed by atoms with Crippen molar-refractivity contribution in [2.24, 2.45) is 5.92 Å². The topological polar surface area (TPSA) is 52.6 Å². The van der Waals surface area contributed by atoms with Gasteiger partial charge >= 0.3 is 0 Å². The number of para-hydroxylation sites is 1. The first-order valence-corrected chi connectivity index (χ1v) is 9.37. The number of carbonyl (C=O) groups excluding carboxylic acids is 1.